The second-order valence-corrected chi connectivity index (χ2v) is 2.96. The molecule has 0 amide bonds. The molecule has 5 heteroatoms. The van der Waals surface area contributed by atoms with Crippen molar-refractivity contribution < 1.29 is 14.0 Å². The number of rotatable bonds is 1. The molecule has 40 valence electrons. The zero-order chi connectivity index (χ0) is 5.21. The van der Waals surface area contributed by atoms with Gasteiger partial charge in [0.05, 0.1) is 0 Å². The quantitative estimate of drug-likeness (QED) is 0.399. The van der Waals surface area contributed by atoms with E-state index in [9.17, 15) is 4.57 Å². The van der Waals surface area contributed by atoms with Crippen molar-refractivity contribution in [1.29, 1.82) is 0 Å². The van der Waals surface area contributed by atoms with Crippen LogP contribution in [-0.4, -0.2) is 48.2 Å². The fourth-order valence-corrected chi connectivity index (χ4v) is 0. The van der Waals surface area contributed by atoms with Crippen LogP contribution >= 0.6 is 7.60 Å². The molecule has 0 rings (SSSR count). The fraction of sp³-hybridized carbons (Fsp3) is 1.00. The van der Waals surface area contributed by atoms with Gasteiger partial charge in [0.15, 0.2) is 0 Å². The Morgan fingerprint density at radius 3 is 1.86 bits per heavy atom. The standard InChI is InChI=1S/C2H7O3P.Na.H/c1-5-6(2,3)4;;/h1-2H3,(H,3,4);;. The molecule has 0 spiro atoms. The van der Waals surface area contributed by atoms with E-state index in [1.807, 2.05) is 0 Å². The predicted molar refractivity (Wildman–Crippen MR) is 29.9 cm³/mol. The summed E-state index contributed by atoms with van der Waals surface area (Å²) >= 11 is 0. The maximum absolute atomic E-state index is 9.92. The van der Waals surface area contributed by atoms with Crippen molar-refractivity contribution in [2.24, 2.45) is 0 Å². The van der Waals surface area contributed by atoms with Gasteiger partial charge in [-0.15, -0.1) is 0 Å². The van der Waals surface area contributed by atoms with Gasteiger partial charge in [-0.3, -0.25) is 4.57 Å². The molecule has 0 aromatic carbocycles. The van der Waals surface area contributed by atoms with Gasteiger partial charge in [-0.2, -0.15) is 0 Å². The van der Waals surface area contributed by atoms with Crippen LogP contribution in [0.1, 0.15) is 0 Å². The van der Waals surface area contributed by atoms with Crippen molar-refractivity contribution in [3.8, 4) is 0 Å². The molecule has 0 aliphatic carbocycles. The summed E-state index contributed by atoms with van der Waals surface area (Å²) < 4.78 is 14.0. The summed E-state index contributed by atoms with van der Waals surface area (Å²) in [4.78, 5) is 8.16. The van der Waals surface area contributed by atoms with Gasteiger partial charge in [-0.1, -0.05) is 0 Å². The van der Waals surface area contributed by atoms with Crippen LogP contribution in [0.25, 0.3) is 0 Å². The first-order chi connectivity index (χ1) is 2.56. The molecule has 0 aromatic heterocycles. The third-order valence-electron chi connectivity index (χ3n) is 0.339. The van der Waals surface area contributed by atoms with E-state index >= 15 is 0 Å². The second kappa shape index (κ2) is 4.07. The monoisotopic (exact) mass is 134 g/mol. The Morgan fingerprint density at radius 1 is 1.71 bits per heavy atom. The summed E-state index contributed by atoms with van der Waals surface area (Å²) in [6, 6.07) is 0. The first-order valence-corrected chi connectivity index (χ1v) is 3.45. The average molecular weight is 134 g/mol. The summed E-state index contributed by atoms with van der Waals surface area (Å²) in [5.74, 6) is 0. The van der Waals surface area contributed by atoms with Crippen molar-refractivity contribution in [1.82, 2.24) is 0 Å². The van der Waals surface area contributed by atoms with Gasteiger partial charge in [0.2, 0.25) is 0 Å². The van der Waals surface area contributed by atoms with Gasteiger partial charge in [-0.25, -0.2) is 0 Å². The molecular formula is C2H8NaO3P. The summed E-state index contributed by atoms with van der Waals surface area (Å²) in [5.41, 5.74) is 0. The normalized spacial score (nSPS) is 17.0. The summed E-state index contributed by atoms with van der Waals surface area (Å²) in [7, 11) is -1.95. The van der Waals surface area contributed by atoms with Crippen LogP contribution in [0.5, 0.6) is 0 Å². The Bertz CT molecular complexity index is 77.0. The third-order valence-corrected chi connectivity index (χ3v) is 1.02. The van der Waals surface area contributed by atoms with E-state index < -0.39 is 7.60 Å². The van der Waals surface area contributed by atoms with E-state index in [4.69, 9.17) is 4.89 Å². The predicted octanol–water partition coefficient (Wildman–Crippen LogP) is -0.201. The van der Waals surface area contributed by atoms with Crippen LogP contribution in [-0.2, 0) is 9.09 Å². The van der Waals surface area contributed by atoms with Crippen molar-refractivity contribution in [2.75, 3.05) is 13.8 Å². The van der Waals surface area contributed by atoms with E-state index in [0.29, 0.717) is 0 Å². The second-order valence-electron chi connectivity index (χ2n) is 0.986. The number of hydrogen-bond donors (Lipinski definition) is 1. The van der Waals surface area contributed by atoms with Crippen LogP contribution in [0, 0.1) is 0 Å². The number of hydrogen-bond acceptors (Lipinski definition) is 2. The van der Waals surface area contributed by atoms with Crippen LogP contribution in [0.4, 0.5) is 0 Å². The van der Waals surface area contributed by atoms with Crippen LogP contribution in [0.2, 0.25) is 0 Å². The summed E-state index contributed by atoms with van der Waals surface area (Å²) in [6.45, 7) is 1.13. The molecule has 0 aliphatic heterocycles. The van der Waals surface area contributed by atoms with E-state index in [0.717, 1.165) is 6.66 Å². The van der Waals surface area contributed by atoms with Crippen molar-refractivity contribution in [2.45, 2.75) is 0 Å². The van der Waals surface area contributed by atoms with Crippen LogP contribution in [0.15, 0.2) is 0 Å². The molecule has 0 bridgehead atoms. The Balaban J connectivity index is 0. The Morgan fingerprint density at radius 2 is 1.86 bits per heavy atom. The average Bonchev–Trinajstić information content (AvgIpc) is 1.35. The molecule has 1 atom stereocenters. The minimum atomic E-state index is -3.15. The zero-order valence-corrected chi connectivity index (χ0v) is 4.61. The molecule has 0 aromatic rings. The molecule has 0 fully saturated rings. The fourth-order valence-electron chi connectivity index (χ4n) is 0. The minimum absolute atomic E-state index is 0. The molecule has 0 heterocycles. The zero-order valence-electron chi connectivity index (χ0n) is 3.71. The molecule has 7 heavy (non-hydrogen) atoms. The van der Waals surface area contributed by atoms with E-state index in [2.05, 4.69) is 4.52 Å². The summed E-state index contributed by atoms with van der Waals surface area (Å²) in [5, 5.41) is 0. The SMILES string of the molecule is COP(C)(=O)O.[NaH]. The molecule has 0 saturated carbocycles. The van der Waals surface area contributed by atoms with Crippen LogP contribution in [0.3, 0.4) is 0 Å². The summed E-state index contributed by atoms with van der Waals surface area (Å²) in [6.07, 6.45) is 0. The van der Waals surface area contributed by atoms with Crippen molar-refractivity contribution in [3.63, 3.8) is 0 Å². The van der Waals surface area contributed by atoms with Gasteiger partial charge in [-0.05, 0) is 0 Å². The molecule has 1 unspecified atom stereocenters. The Hall–Kier alpha value is 1.15. The van der Waals surface area contributed by atoms with E-state index in [-0.39, 0.29) is 29.6 Å². The molecule has 1 N–H and O–H groups in total. The van der Waals surface area contributed by atoms with E-state index in [1.165, 1.54) is 7.11 Å². The Labute approximate surface area is 64.9 Å². The van der Waals surface area contributed by atoms with Gasteiger partial charge in [0.1, 0.15) is 0 Å². The molecule has 0 aliphatic rings. The molecule has 0 saturated heterocycles. The first-order valence-electron chi connectivity index (χ1n) is 1.42. The Kier molecular flexibility index (Phi) is 6.41. The maximum atomic E-state index is 9.92. The van der Waals surface area contributed by atoms with E-state index in [1.54, 1.807) is 0 Å². The van der Waals surface area contributed by atoms with Crippen molar-refractivity contribution in [3.05, 3.63) is 0 Å². The first kappa shape index (κ1) is 11.0. The van der Waals surface area contributed by atoms with Crippen molar-refractivity contribution >= 4 is 37.2 Å². The van der Waals surface area contributed by atoms with Gasteiger partial charge < -0.3 is 9.42 Å². The van der Waals surface area contributed by atoms with Gasteiger partial charge >= 0.3 is 37.2 Å². The van der Waals surface area contributed by atoms with Crippen LogP contribution < -0.4 is 0 Å². The topological polar surface area (TPSA) is 46.5 Å². The molecular weight excluding hydrogens is 126 g/mol. The molecule has 3 nitrogen and oxygen atoms in total. The van der Waals surface area contributed by atoms with Gasteiger partial charge in [0.25, 0.3) is 0 Å². The molecule has 0 radical (unpaired) electrons. The third kappa shape index (κ3) is 11.0. The van der Waals surface area contributed by atoms with Gasteiger partial charge in [0, 0.05) is 13.8 Å².